The van der Waals surface area contributed by atoms with Crippen LogP contribution in [0, 0.1) is 20.8 Å². The first-order valence-electron chi connectivity index (χ1n) is 8.68. The van der Waals surface area contributed by atoms with Crippen LogP contribution in [0.3, 0.4) is 0 Å². The summed E-state index contributed by atoms with van der Waals surface area (Å²) in [6.07, 6.45) is 5.01. The predicted molar refractivity (Wildman–Crippen MR) is 113 cm³/mol. The minimum atomic E-state index is 1.25. The molecule has 0 aliphatic heterocycles. The molecular weight excluding hydrogens is 288 g/mol. The van der Waals surface area contributed by atoms with Crippen molar-refractivity contribution in [2.24, 2.45) is 0 Å². The van der Waals surface area contributed by atoms with E-state index in [-0.39, 0.29) is 0 Å². The smallest absolute Gasteiger partial charge is 0.0398 e. The number of hydrogen-bond acceptors (Lipinski definition) is 0. The molecule has 0 N–H and O–H groups in total. The lowest BCUT2D eigenvalue weighted by Crippen LogP contribution is -1.71. The van der Waals surface area contributed by atoms with E-state index < -0.39 is 0 Å². The van der Waals surface area contributed by atoms with Crippen molar-refractivity contribution in [3.8, 4) is 0 Å². The van der Waals surface area contributed by atoms with Gasteiger partial charge >= 0.3 is 0 Å². The zero-order valence-corrected chi connectivity index (χ0v) is 16.8. The molecule has 132 valence electrons. The second kappa shape index (κ2) is 17.3. The van der Waals surface area contributed by atoms with Crippen LogP contribution in [0.15, 0.2) is 78.9 Å². The first-order chi connectivity index (χ1) is 11.4. The molecule has 0 heterocycles. The van der Waals surface area contributed by atoms with Gasteiger partial charge in [-0.1, -0.05) is 116 Å². The van der Waals surface area contributed by atoms with Gasteiger partial charge in [-0.3, -0.25) is 0 Å². The summed E-state index contributed by atoms with van der Waals surface area (Å²) in [7, 11) is 0. The summed E-state index contributed by atoms with van der Waals surface area (Å²) in [5, 5.41) is 0. The quantitative estimate of drug-likeness (QED) is 0.468. The predicted octanol–water partition coefficient (Wildman–Crippen LogP) is 7.85. The van der Waals surface area contributed by atoms with Gasteiger partial charge in [0.15, 0.2) is 0 Å². The van der Waals surface area contributed by atoms with Crippen LogP contribution in [0.4, 0.5) is 0 Å². The zero-order valence-electron chi connectivity index (χ0n) is 16.8. The molecule has 2 aromatic carbocycles. The van der Waals surface area contributed by atoms with Gasteiger partial charge in [0.25, 0.3) is 0 Å². The highest BCUT2D eigenvalue weighted by Crippen LogP contribution is 2.00. The molecule has 0 radical (unpaired) electrons. The monoisotopic (exact) mass is 324 g/mol. The Morgan fingerprint density at radius 3 is 1.38 bits per heavy atom. The van der Waals surface area contributed by atoms with Crippen LogP contribution in [-0.4, -0.2) is 0 Å². The molecule has 0 bridgehead atoms. The lowest BCUT2D eigenvalue weighted by atomic mass is 10.2. The SMILES string of the molecule is C=CC=C(C)C.CCC.Cc1cccc(C)c1.Cc1ccccc1. The van der Waals surface area contributed by atoms with Gasteiger partial charge in [0.2, 0.25) is 0 Å². The second-order valence-corrected chi connectivity index (χ2v) is 6.00. The minimum Gasteiger partial charge on any atom is -0.0991 e. The van der Waals surface area contributed by atoms with Gasteiger partial charge < -0.3 is 0 Å². The average molecular weight is 325 g/mol. The van der Waals surface area contributed by atoms with Crippen LogP contribution < -0.4 is 0 Å². The fraction of sp³-hybridized carbons (Fsp3) is 0.333. The van der Waals surface area contributed by atoms with Crippen LogP contribution in [0.5, 0.6) is 0 Å². The Kier molecular flexibility index (Phi) is 17.4. The van der Waals surface area contributed by atoms with E-state index in [1.54, 1.807) is 6.08 Å². The maximum Gasteiger partial charge on any atom is -0.0398 e. The van der Waals surface area contributed by atoms with Gasteiger partial charge in [-0.05, 0) is 34.6 Å². The van der Waals surface area contributed by atoms with Crippen LogP contribution in [0.2, 0.25) is 0 Å². The lowest BCUT2D eigenvalue weighted by Gasteiger charge is -1.90. The summed E-state index contributed by atoms with van der Waals surface area (Å²) in [6, 6.07) is 18.7. The van der Waals surface area contributed by atoms with Crippen LogP contribution in [-0.2, 0) is 0 Å². The normalized spacial score (nSPS) is 8.12. The second-order valence-electron chi connectivity index (χ2n) is 6.00. The number of rotatable bonds is 1. The van der Waals surface area contributed by atoms with Crippen LogP contribution in [0.1, 0.15) is 50.8 Å². The molecule has 0 fully saturated rings. The fourth-order valence-corrected chi connectivity index (χ4v) is 1.58. The number of aryl methyl sites for hydroxylation is 3. The highest BCUT2D eigenvalue weighted by Gasteiger charge is 1.80. The van der Waals surface area contributed by atoms with Crippen LogP contribution >= 0.6 is 0 Å². The summed E-state index contributed by atoms with van der Waals surface area (Å²) < 4.78 is 0. The summed E-state index contributed by atoms with van der Waals surface area (Å²) in [5.41, 5.74) is 5.29. The van der Waals surface area contributed by atoms with E-state index in [9.17, 15) is 0 Å². The third-order valence-electron chi connectivity index (χ3n) is 2.57. The number of benzene rings is 2. The minimum absolute atomic E-state index is 1.25. The van der Waals surface area contributed by atoms with Crippen molar-refractivity contribution in [1.82, 2.24) is 0 Å². The Morgan fingerprint density at radius 2 is 1.21 bits per heavy atom. The van der Waals surface area contributed by atoms with Crippen LogP contribution in [0.25, 0.3) is 0 Å². The highest BCUT2D eigenvalue weighted by molar-refractivity contribution is 5.20. The van der Waals surface area contributed by atoms with Gasteiger partial charge in [0.1, 0.15) is 0 Å². The van der Waals surface area contributed by atoms with E-state index in [4.69, 9.17) is 0 Å². The number of allylic oxidation sites excluding steroid dienone is 3. The number of hydrogen-bond donors (Lipinski definition) is 0. The molecular formula is C24H36. The Morgan fingerprint density at radius 1 is 0.792 bits per heavy atom. The summed E-state index contributed by atoms with van der Waals surface area (Å²) in [5.74, 6) is 0. The largest absolute Gasteiger partial charge is 0.0991 e. The molecule has 24 heavy (non-hydrogen) atoms. The third-order valence-corrected chi connectivity index (χ3v) is 2.57. The van der Waals surface area contributed by atoms with Crippen molar-refractivity contribution in [3.63, 3.8) is 0 Å². The Bertz CT molecular complexity index is 526. The topological polar surface area (TPSA) is 0 Å². The van der Waals surface area contributed by atoms with E-state index in [0.29, 0.717) is 0 Å². The van der Waals surface area contributed by atoms with Gasteiger partial charge in [-0.2, -0.15) is 0 Å². The molecule has 0 aliphatic carbocycles. The molecule has 0 heteroatoms. The molecule has 2 rings (SSSR count). The van der Waals surface area contributed by atoms with Crippen molar-refractivity contribution in [2.45, 2.75) is 54.9 Å². The van der Waals surface area contributed by atoms with Gasteiger partial charge in [0, 0.05) is 0 Å². The highest BCUT2D eigenvalue weighted by atomic mass is 13.9. The maximum atomic E-state index is 3.52. The average Bonchev–Trinajstić information content (AvgIpc) is 2.49. The van der Waals surface area contributed by atoms with Crippen molar-refractivity contribution >= 4 is 0 Å². The standard InChI is InChI=1S/C8H10.C7H8.C6H10.C3H8/c1-7-4-3-5-8(2)6-7;1-7-5-3-2-4-6-7;1-4-5-6(2)3;1-3-2/h3-6H,1-2H3;2-6H,1H3;4-5H,1H2,2-3H3;3H2,1-2H3. The Balaban J connectivity index is 0. The Hall–Kier alpha value is -2.08. The van der Waals surface area contributed by atoms with E-state index in [2.05, 4.69) is 77.6 Å². The fourth-order valence-electron chi connectivity index (χ4n) is 1.58. The molecule has 2 aromatic rings. The molecule has 0 saturated heterocycles. The summed E-state index contributed by atoms with van der Waals surface area (Å²) in [6.45, 7) is 18.2. The van der Waals surface area contributed by atoms with Crippen molar-refractivity contribution < 1.29 is 0 Å². The van der Waals surface area contributed by atoms with Crippen molar-refractivity contribution in [2.75, 3.05) is 0 Å². The summed E-state index contributed by atoms with van der Waals surface area (Å²) >= 11 is 0. The first kappa shape index (κ1) is 24.2. The van der Waals surface area contributed by atoms with E-state index in [1.165, 1.54) is 28.7 Å². The third kappa shape index (κ3) is 19.9. The summed E-state index contributed by atoms with van der Waals surface area (Å²) in [4.78, 5) is 0. The molecule has 0 nitrogen and oxygen atoms in total. The molecule has 0 aliphatic rings. The van der Waals surface area contributed by atoms with Crippen molar-refractivity contribution in [1.29, 1.82) is 0 Å². The molecule has 0 saturated carbocycles. The molecule has 0 atom stereocenters. The van der Waals surface area contributed by atoms with Gasteiger partial charge in [-0.25, -0.2) is 0 Å². The van der Waals surface area contributed by atoms with Gasteiger partial charge in [-0.15, -0.1) is 0 Å². The molecule has 0 amide bonds. The van der Waals surface area contributed by atoms with E-state index in [0.717, 1.165) is 0 Å². The van der Waals surface area contributed by atoms with Gasteiger partial charge in [0.05, 0.1) is 0 Å². The molecule has 0 aromatic heterocycles. The maximum absolute atomic E-state index is 3.52. The zero-order chi connectivity index (χ0) is 18.8. The molecule has 0 spiro atoms. The Labute approximate surface area is 151 Å². The van der Waals surface area contributed by atoms with E-state index >= 15 is 0 Å². The van der Waals surface area contributed by atoms with E-state index in [1.807, 2.05) is 38.1 Å². The van der Waals surface area contributed by atoms with Crippen molar-refractivity contribution in [3.05, 3.63) is 95.6 Å². The first-order valence-corrected chi connectivity index (χ1v) is 8.68. The lowest BCUT2D eigenvalue weighted by molar-refractivity contribution is 1.09. The molecule has 0 unspecified atom stereocenters.